The van der Waals surface area contributed by atoms with E-state index in [1.807, 2.05) is 0 Å². The van der Waals surface area contributed by atoms with Crippen LogP contribution in [0.4, 0.5) is 10.1 Å². The van der Waals surface area contributed by atoms with Crippen molar-refractivity contribution < 1.29 is 22.3 Å². The minimum atomic E-state index is -3.67. The first-order valence-electron chi connectivity index (χ1n) is 4.62. The molecule has 0 spiro atoms. The smallest absolute Gasteiger partial charge is 0.306 e. The molecule has 0 saturated heterocycles. The van der Waals surface area contributed by atoms with Crippen LogP contribution in [0.15, 0.2) is 18.3 Å². The molecule has 0 atom stereocenters. The fourth-order valence-electron chi connectivity index (χ4n) is 0.987. The van der Waals surface area contributed by atoms with E-state index in [9.17, 15) is 17.6 Å². The number of sulfonamides is 1. The summed E-state index contributed by atoms with van der Waals surface area (Å²) in [6.45, 7) is 0. The summed E-state index contributed by atoms with van der Waals surface area (Å²) in [5.41, 5.74) is 0.135. The van der Waals surface area contributed by atoms with Gasteiger partial charge < -0.3 is 4.74 Å². The molecule has 0 bridgehead atoms. The summed E-state index contributed by atoms with van der Waals surface area (Å²) >= 11 is 0. The summed E-state index contributed by atoms with van der Waals surface area (Å²) in [5, 5.41) is 0. The van der Waals surface area contributed by atoms with Crippen LogP contribution in [0.25, 0.3) is 0 Å². The molecule has 0 saturated carbocycles. The average molecular weight is 262 g/mol. The van der Waals surface area contributed by atoms with Gasteiger partial charge in [0.1, 0.15) is 0 Å². The first-order valence-corrected chi connectivity index (χ1v) is 6.27. The van der Waals surface area contributed by atoms with Gasteiger partial charge in [-0.05, 0) is 12.1 Å². The Morgan fingerprint density at radius 3 is 2.76 bits per heavy atom. The Kier molecular flexibility index (Phi) is 4.38. The van der Waals surface area contributed by atoms with E-state index in [0.717, 1.165) is 12.3 Å². The Labute approximate surface area is 97.9 Å². The van der Waals surface area contributed by atoms with E-state index >= 15 is 0 Å². The Morgan fingerprint density at radius 2 is 2.24 bits per heavy atom. The van der Waals surface area contributed by atoms with E-state index in [2.05, 4.69) is 14.4 Å². The van der Waals surface area contributed by atoms with Crippen LogP contribution >= 0.6 is 0 Å². The molecule has 1 rings (SSSR count). The lowest BCUT2D eigenvalue weighted by atomic mass is 10.4. The summed E-state index contributed by atoms with van der Waals surface area (Å²) in [6, 6.07) is 2.26. The number of esters is 1. The molecule has 17 heavy (non-hydrogen) atoms. The van der Waals surface area contributed by atoms with Crippen LogP contribution in [0, 0.1) is 5.95 Å². The molecule has 1 N–H and O–H groups in total. The zero-order chi connectivity index (χ0) is 12.9. The van der Waals surface area contributed by atoms with Gasteiger partial charge in [0.05, 0.1) is 31.2 Å². The standard InChI is InChI=1S/C9H11FN2O4S/c1-16-9(13)4-5-17(14,15)12-7-2-3-8(10)11-6-7/h2-3,6,12H,4-5H2,1H3. The maximum absolute atomic E-state index is 12.5. The van der Waals surface area contributed by atoms with E-state index < -0.39 is 27.7 Å². The van der Waals surface area contributed by atoms with Crippen LogP contribution in [-0.4, -0.2) is 32.2 Å². The highest BCUT2D eigenvalue weighted by molar-refractivity contribution is 7.92. The molecule has 0 aliphatic heterocycles. The molecule has 0 unspecified atom stereocenters. The number of carbonyl (C=O) groups is 1. The topological polar surface area (TPSA) is 85.4 Å². The van der Waals surface area contributed by atoms with Gasteiger partial charge in [-0.2, -0.15) is 4.39 Å². The molecule has 1 heterocycles. The van der Waals surface area contributed by atoms with Crippen LogP contribution in [0.5, 0.6) is 0 Å². The lowest BCUT2D eigenvalue weighted by Gasteiger charge is -2.06. The predicted octanol–water partition coefficient (Wildman–Crippen LogP) is 0.525. The molecule has 0 fully saturated rings. The number of hydrogen-bond donors (Lipinski definition) is 1. The van der Waals surface area contributed by atoms with Gasteiger partial charge in [0.25, 0.3) is 0 Å². The van der Waals surface area contributed by atoms with Crippen LogP contribution in [-0.2, 0) is 19.6 Å². The molecule has 6 nitrogen and oxygen atoms in total. The van der Waals surface area contributed by atoms with Gasteiger partial charge in [-0.3, -0.25) is 9.52 Å². The fraction of sp³-hybridized carbons (Fsp3) is 0.333. The number of methoxy groups -OCH3 is 1. The summed E-state index contributed by atoms with van der Waals surface area (Å²) < 4.78 is 41.9. The van der Waals surface area contributed by atoms with Gasteiger partial charge in [0, 0.05) is 0 Å². The second-order valence-electron chi connectivity index (χ2n) is 3.12. The first kappa shape index (κ1) is 13.4. The number of anilines is 1. The van der Waals surface area contributed by atoms with Crippen molar-refractivity contribution >= 4 is 21.7 Å². The third kappa shape index (κ3) is 4.77. The Bertz CT molecular complexity index is 486. The molecular formula is C9H11FN2O4S. The number of aromatic nitrogens is 1. The quantitative estimate of drug-likeness (QED) is 0.618. The van der Waals surface area contributed by atoms with Crippen molar-refractivity contribution in [1.82, 2.24) is 4.98 Å². The van der Waals surface area contributed by atoms with Gasteiger partial charge >= 0.3 is 5.97 Å². The SMILES string of the molecule is COC(=O)CCS(=O)(=O)Nc1ccc(F)nc1. The molecule has 0 radical (unpaired) electrons. The van der Waals surface area contributed by atoms with Gasteiger partial charge in [-0.25, -0.2) is 13.4 Å². The van der Waals surface area contributed by atoms with Crippen LogP contribution in [0.1, 0.15) is 6.42 Å². The lowest BCUT2D eigenvalue weighted by molar-refractivity contribution is -0.140. The number of nitrogens with zero attached hydrogens (tertiary/aromatic N) is 1. The van der Waals surface area contributed by atoms with Gasteiger partial charge in [-0.15, -0.1) is 0 Å². The number of carbonyl (C=O) groups excluding carboxylic acids is 1. The van der Waals surface area contributed by atoms with Gasteiger partial charge in [0.15, 0.2) is 0 Å². The average Bonchev–Trinajstić information content (AvgIpc) is 2.29. The first-order chi connectivity index (χ1) is 7.93. The van der Waals surface area contributed by atoms with Crippen molar-refractivity contribution in [3.63, 3.8) is 0 Å². The number of pyridine rings is 1. The minimum absolute atomic E-state index is 0.135. The highest BCUT2D eigenvalue weighted by atomic mass is 32.2. The molecule has 0 aromatic carbocycles. The van der Waals surface area contributed by atoms with E-state index in [-0.39, 0.29) is 12.1 Å². The van der Waals surface area contributed by atoms with Gasteiger partial charge in [0.2, 0.25) is 16.0 Å². The van der Waals surface area contributed by atoms with Crippen molar-refractivity contribution in [2.75, 3.05) is 17.6 Å². The third-order valence-electron chi connectivity index (χ3n) is 1.80. The zero-order valence-corrected chi connectivity index (χ0v) is 9.83. The van der Waals surface area contributed by atoms with Crippen molar-refractivity contribution in [2.24, 2.45) is 0 Å². The monoisotopic (exact) mass is 262 g/mol. The maximum Gasteiger partial charge on any atom is 0.306 e. The molecule has 8 heteroatoms. The Morgan fingerprint density at radius 1 is 1.53 bits per heavy atom. The minimum Gasteiger partial charge on any atom is -0.469 e. The molecule has 1 aromatic rings. The molecule has 0 aliphatic carbocycles. The third-order valence-corrected chi connectivity index (χ3v) is 3.09. The maximum atomic E-state index is 12.5. The predicted molar refractivity (Wildman–Crippen MR) is 58.2 cm³/mol. The van der Waals surface area contributed by atoms with Crippen LogP contribution in [0.2, 0.25) is 0 Å². The highest BCUT2D eigenvalue weighted by Gasteiger charge is 2.13. The fourth-order valence-corrected chi connectivity index (χ4v) is 2.00. The number of hydrogen-bond acceptors (Lipinski definition) is 5. The zero-order valence-electron chi connectivity index (χ0n) is 9.01. The summed E-state index contributed by atoms with van der Waals surface area (Å²) in [6.07, 6.45) is 0.797. The van der Waals surface area contributed by atoms with E-state index in [1.54, 1.807) is 0 Å². The molecule has 1 aromatic heterocycles. The number of nitrogens with one attached hydrogen (secondary N) is 1. The van der Waals surface area contributed by atoms with Crippen molar-refractivity contribution in [3.05, 3.63) is 24.3 Å². The molecular weight excluding hydrogens is 251 g/mol. The van der Waals surface area contributed by atoms with E-state index in [0.29, 0.717) is 0 Å². The number of ether oxygens (including phenoxy) is 1. The second-order valence-corrected chi connectivity index (χ2v) is 4.96. The summed E-state index contributed by atoms with van der Waals surface area (Å²) in [4.78, 5) is 14.1. The largest absolute Gasteiger partial charge is 0.469 e. The molecule has 0 aliphatic rings. The highest BCUT2D eigenvalue weighted by Crippen LogP contribution is 2.08. The van der Waals surface area contributed by atoms with E-state index in [4.69, 9.17) is 0 Å². The van der Waals surface area contributed by atoms with Crippen LogP contribution in [0.3, 0.4) is 0 Å². The molecule has 0 amide bonds. The van der Waals surface area contributed by atoms with Crippen molar-refractivity contribution in [1.29, 1.82) is 0 Å². The normalized spacial score (nSPS) is 10.9. The number of rotatable bonds is 5. The van der Waals surface area contributed by atoms with Crippen molar-refractivity contribution in [3.8, 4) is 0 Å². The van der Waals surface area contributed by atoms with E-state index in [1.165, 1.54) is 13.2 Å². The van der Waals surface area contributed by atoms with Crippen molar-refractivity contribution in [2.45, 2.75) is 6.42 Å². The van der Waals surface area contributed by atoms with Gasteiger partial charge in [-0.1, -0.05) is 0 Å². The molecule has 94 valence electrons. The second kappa shape index (κ2) is 5.58. The Balaban J connectivity index is 2.60. The summed E-state index contributed by atoms with van der Waals surface area (Å²) in [7, 11) is -2.49. The van der Waals surface area contributed by atoms with Crippen LogP contribution < -0.4 is 4.72 Å². The number of halogens is 1. The Hall–Kier alpha value is -1.70. The lowest BCUT2D eigenvalue weighted by Crippen LogP contribution is -2.19. The summed E-state index contributed by atoms with van der Waals surface area (Å²) in [5.74, 6) is -1.73.